The van der Waals surface area contributed by atoms with Gasteiger partial charge in [-0.15, -0.1) is 0 Å². The molecule has 0 saturated heterocycles. The third kappa shape index (κ3) is 1.79. The van der Waals surface area contributed by atoms with Gasteiger partial charge in [-0.1, -0.05) is 0 Å². The number of nitrogens with zero attached hydrogens (tertiary/aromatic N) is 2. The minimum Gasteiger partial charge on any atom is -0.351 e. The highest BCUT2D eigenvalue weighted by Gasteiger charge is 2.32. The van der Waals surface area contributed by atoms with E-state index in [1.165, 1.54) is 18.6 Å². The van der Waals surface area contributed by atoms with E-state index in [1.807, 2.05) is 0 Å². The Kier molecular flexibility index (Phi) is 2.26. The van der Waals surface area contributed by atoms with Crippen molar-refractivity contribution in [3.8, 4) is 0 Å². The first kappa shape index (κ1) is 11.0. The van der Waals surface area contributed by atoms with Crippen LogP contribution in [0.4, 0.5) is 11.6 Å². The Balaban J connectivity index is 1.93. The van der Waals surface area contributed by atoms with Crippen LogP contribution < -0.4 is 5.32 Å². The van der Waals surface area contributed by atoms with Gasteiger partial charge in [0.15, 0.2) is 0 Å². The van der Waals surface area contributed by atoms with Crippen LogP contribution in [-0.4, -0.2) is 20.4 Å². The molecule has 0 aliphatic heterocycles. The highest BCUT2D eigenvalue weighted by Crippen LogP contribution is 2.34. The van der Waals surface area contributed by atoms with Crippen molar-refractivity contribution in [3.05, 3.63) is 28.3 Å². The van der Waals surface area contributed by atoms with Gasteiger partial charge in [-0.2, -0.15) is 0 Å². The molecule has 1 aromatic heterocycles. The minimum atomic E-state index is -0.402. The van der Waals surface area contributed by atoms with Gasteiger partial charge in [-0.3, -0.25) is 10.1 Å². The number of rotatable bonds is 3. The maximum absolute atomic E-state index is 10.7. The second kappa shape index (κ2) is 3.69. The maximum atomic E-state index is 10.7. The number of H-pyrrole nitrogens is 1. The summed E-state index contributed by atoms with van der Waals surface area (Å²) in [7, 11) is 0. The predicted octanol–water partition coefficient (Wildman–Crippen LogP) is 2.83. The molecule has 1 aliphatic rings. The number of fused-ring (bicyclic) bond motifs is 1. The molecule has 0 amide bonds. The number of non-ortho nitro benzene ring substituents is 1. The molecule has 0 spiro atoms. The zero-order valence-electron chi connectivity index (χ0n) is 10.1. The zero-order chi connectivity index (χ0) is 12.8. The maximum Gasteiger partial charge on any atom is 0.271 e. The summed E-state index contributed by atoms with van der Waals surface area (Å²) in [5.74, 6) is 0.688. The third-order valence-corrected chi connectivity index (χ3v) is 3.55. The Morgan fingerprint density at radius 2 is 2.28 bits per heavy atom. The van der Waals surface area contributed by atoms with Gasteiger partial charge in [0.1, 0.15) is 0 Å². The van der Waals surface area contributed by atoms with Crippen LogP contribution in [0.15, 0.2) is 18.2 Å². The molecule has 0 bridgehead atoms. The molecule has 94 valence electrons. The lowest BCUT2D eigenvalue weighted by atomic mass is 9.79. The number of nitro benzene ring substituents is 1. The van der Waals surface area contributed by atoms with Crippen LogP contribution in [0.3, 0.4) is 0 Å². The fourth-order valence-corrected chi connectivity index (χ4v) is 2.29. The largest absolute Gasteiger partial charge is 0.351 e. The molecule has 2 N–H and O–H groups in total. The summed E-state index contributed by atoms with van der Waals surface area (Å²) in [5.41, 5.74) is 1.62. The number of hydrogen-bond acceptors (Lipinski definition) is 4. The Morgan fingerprint density at radius 1 is 1.50 bits per heavy atom. The van der Waals surface area contributed by atoms with E-state index in [2.05, 4.69) is 22.2 Å². The molecular weight excluding hydrogens is 232 g/mol. The molecule has 0 radical (unpaired) electrons. The molecule has 1 aliphatic carbocycles. The number of benzene rings is 1. The third-order valence-electron chi connectivity index (χ3n) is 3.55. The van der Waals surface area contributed by atoms with Crippen molar-refractivity contribution in [2.24, 2.45) is 0 Å². The quantitative estimate of drug-likeness (QED) is 0.644. The summed E-state index contributed by atoms with van der Waals surface area (Å²) in [5, 5.41) is 14.0. The van der Waals surface area contributed by atoms with E-state index in [-0.39, 0.29) is 11.2 Å². The molecule has 18 heavy (non-hydrogen) atoms. The summed E-state index contributed by atoms with van der Waals surface area (Å²) >= 11 is 0. The molecule has 0 atom stereocenters. The molecular formula is C12H14N4O2. The number of hydrogen-bond donors (Lipinski definition) is 2. The van der Waals surface area contributed by atoms with Crippen molar-refractivity contribution in [2.75, 3.05) is 5.32 Å². The SMILES string of the molecule is CC1(Nc2nc3ccc([N+](=O)[O-])cc3[nH]2)CCC1. The van der Waals surface area contributed by atoms with Crippen molar-refractivity contribution >= 4 is 22.7 Å². The van der Waals surface area contributed by atoms with Crippen molar-refractivity contribution < 1.29 is 4.92 Å². The Morgan fingerprint density at radius 3 is 2.89 bits per heavy atom. The van der Waals surface area contributed by atoms with Crippen LogP contribution in [0.2, 0.25) is 0 Å². The second-order valence-electron chi connectivity index (χ2n) is 5.08. The first-order valence-corrected chi connectivity index (χ1v) is 5.98. The van der Waals surface area contributed by atoms with Crippen LogP contribution >= 0.6 is 0 Å². The van der Waals surface area contributed by atoms with Crippen molar-refractivity contribution in [1.82, 2.24) is 9.97 Å². The topological polar surface area (TPSA) is 83.8 Å². The normalized spacial score (nSPS) is 17.4. The number of nitro groups is 1. The van der Waals surface area contributed by atoms with Crippen molar-refractivity contribution in [2.45, 2.75) is 31.7 Å². The zero-order valence-corrected chi connectivity index (χ0v) is 10.1. The van der Waals surface area contributed by atoms with Gasteiger partial charge < -0.3 is 10.3 Å². The lowest BCUT2D eigenvalue weighted by Gasteiger charge is -2.38. The highest BCUT2D eigenvalue weighted by atomic mass is 16.6. The van der Waals surface area contributed by atoms with E-state index in [1.54, 1.807) is 6.07 Å². The standard InChI is InChI=1S/C12H14N4O2/c1-12(5-2-6-12)15-11-13-9-4-3-8(16(17)18)7-10(9)14-11/h3-4,7H,2,5-6H2,1H3,(H2,13,14,15). The van der Waals surface area contributed by atoms with Crippen LogP contribution in [-0.2, 0) is 0 Å². The number of anilines is 1. The van der Waals surface area contributed by atoms with E-state index in [0.29, 0.717) is 11.5 Å². The smallest absolute Gasteiger partial charge is 0.271 e. The average molecular weight is 246 g/mol. The molecule has 2 aromatic rings. The molecule has 0 unspecified atom stereocenters. The van der Waals surface area contributed by atoms with Crippen molar-refractivity contribution in [1.29, 1.82) is 0 Å². The lowest BCUT2D eigenvalue weighted by molar-refractivity contribution is -0.384. The lowest BCUT2D eigenvalue weighted by Crippen LogP contribution is -2.41. The average Bonchev–Trinajstić information content (AvgIpc) is 2.67. The molecule has 3 rings (SSSR count). The van der Waals surface area contributed by atoms with Gasteiger partial charge in [0.05, 0.1) is 16.0 Å². The van der Waals surface area contributed by atoms with E-state index in [9.17, 15) is 10.1 Å². The molecule has 1 saturated carbocycles. The summed E-state index contributed by atoms with van der Waals surface area (Å²) < 4.78 is 0. The van der Waals surface area contributed by atoms with E-state index in [4.69, 9.17) is 0 Å². The molecule has 1 aromatic carbocycles. The van der Waals surface area contributed by atoms with Crippen molar-refractivity contribution in [3.63, 3.8) is 0 Å². The molecule has 1 heterocycles. The first-order valence-electron chi connectivity index (χ1n) is 5.98. The fourth-order valence-electron chi connectivity index (χ4n) is 2.29. The minimum absolute atomic E-state index is 0.0764. The predicted molar refractivity (Wildman–Crippen MR) is 68.6 cm³/mol. The van der Waals surface area contributed by atoms with Gasteiger partial charge in [0.25, 0.3) is 5.69 Å². The monoisotopic (exact) mass is 246 g/mol. The highest BCUT2D eigenvalue weighted by molar-refractivity contribution is 5.80. The van der Waals surface area contributed by atoms with Crippen LogP contribution in [0.1, 0.15) is 26.2 Å². The number of nitrogens with one attached hydrogen (secondary N) is 2. The van der Waals surface area contributed by atoms with Gasteiger partial charge in [0.2, 0.25) is 5.95 Å². The van der Waals surface area contributed by atoms with Gasteiger partial charge in [-0.05, 0) is 32.3 Å². The number of imidazole rings is 1. The first-order chi connectivity index (χ1) is 8.56. The fraction of sp³-hybridized carbons (Fsp3) is 0.417. The molecule has 6 nitrogen and oxygen atoms in total. The summed E-state index contributed by atoms with van der Waals surface area (Å²) in [6.45, 7) is 2.16. The van der Waals surface area contributed by atoms with Crippen LogP contribution in [0.25, 0.3) is 11.0 Å². The Hall–Kier alpha value is -2.11. The Bertz CT molecular complexity index is 616. The van der Waals surface area contributed by atoms with Gasteiger partial charge >= 0.3 is 0 Å². The van der Waals surface area contributed by atoms with Crippen LogP contribution in [0.5, 0.6) is 0 Å². The molecule has 6 heteroatoms. The van der Waals surface area contributed by atoms with E-state index >= 15 is 0 Å². The summed E-state index contributed by atoms with van der Waals surface area (Å²) in [4.78, 5) is 17.8. The number of aromatic nitrogens is 2. The van der Waals surface area contributed by atoms with Crippen LogP contribution in [0, 0.1) is 10.1 Å². The van der Waals surface area contributed by atoms with E-state index in [0.717, 1.165) is 18.4 Å². The van der Waals surface area contributed by atoms with E-state index < -0.39 is 4.92 Å². The second-order valence-corrected chi connectivity index (χ2v) is 5.08. The number of aromatic amines is 1. The summed E-state index contributed by atoms with van der Waals surface area (Å²) in [6.07, 6.45) is 3.49. The summed E-state index contributed by atoms with van der Waals surface area (Å²) in [6, 6.07) is 4.65. The molecule has 1 fully saturated rings. The Labute approximate surface area is 104 Å². The van der Waals surface area contributed by atoms with Gasteiger partial charge in [0, 0.05) is 17.7 Å². The van der Waals surface area contributed by atoms with Gasteiger partial charge in [-0.25, -0.2) is 4.98 Å².